The minimum Gasteiger partial charge on any atom is -0.383 e. The molecule has 0 bridgehead atoms. The molecule has 0 heterocycles. The van der Waals surface area contributed by atoms with E-state index in [1.807, 2.05) is 30.3 Å². The number of hydrogen-bond acceptors (Lipinski definition) is 4. The lowest BCUT2D eigenvalue weighted by Gasteiger charge is -2.17. The lowest BCUT2D eigenvalue weighted by atomic mass is 10.1. The molecule has 0 fully saturated rings. The number of carbonyl (C=O) groups is 2. The van der Waals surface area contributed by atoms with Crippen LogP contribution < -0.4 is 15.5 Å². The third-order valence-corrected chi connectivity index (χ3v) is 3.89. The normalized spacial score (nSPS) is 10.0. The molecule has 146 valence electrons. The fourth-order valence-electron chi connectivity index (χ4n) is 2.42. The van der Waals surface area contributed by atoms with E-state index in [-0.39, 0.29) is 24.2 Å². The number of halogens is 1. The molecule has 0 radical (unpaired) electrons. The van der Waals surface area contributed by atoms with Crippen LogP contribution in [0.15, 0.2) is 54.6 Å². The zero-order chi connectivity index (χ0) is 18.8. The van der Waals surface area contributed by atoms with Crippen LogP contribution in [0.1, 0.15) is 20.7 Å². The summed E-state index contributed by atoms with van der Waals surface area (Å²) in [5.41, 5.74) is 1.74. The predicted octanol–water partition coefficient (Wildman–Crippen LogP) is 2.35. The van der Waals surface area contributed by atoms with Gasteiger partial charge in [0.2, 0.25) is 0 Å². The van der Waals surface area contributed by atoms with Crippen molar-refractivity contribution < 1.29 is 14.3 Å². The fourth-order valence-corrected chi connectivity index (χ4v) is 2.42. The Morgan fingerprint density at radius 2 is 1.67 bits per heavy atom. The molecule has 27 heavy (non-hydrogen) atoms. The second-order valence-corrected chi connectivity index (χ2v) is 5.78. The molecule has 2 aromatic rings. The molecule has 6 nitrogen and oxygen atoms in total. The van der Waals surface area contributed by atoms with E-state index >= 15 is 0 Å². The van der Waals surface area contributed by atoms with Crippen LogP contribution in [0, 0.1) is 0 Å². The molecule has 0 saturated heterocycles. The molecule has 2 rings (SSSR count). The van der Waals surface area contributed by atoms with Crippen molar-refractivity contribution in [3.8, 4) is 0 Å². The molecule has 0 saturated carbocycles. The number of carbonyl (C=O) groups excluding carboxylic acids is 2. The number of amides is 2. The van der Waals surface area contributed by atoms with Crippen molar-refractivity contribution in [2.24, 2.45) is 0 Å². The molecule has 2 N–H and O–H groups in total. The molecule has 0 aromatic heterocycles. The van der Waals surface area contributed by atoms with Gasteiger partial charge in [-0.3, -0.25) is 9.59 Å². The Hall–Kier alpha value is -2.41. The third-order valence-electron chi connectivity index (χ3n) is 3.89. The maximum atomic E-state index is 12.7. The van der Waals surface area contributed by atoms with E-state index in [1.54, 1.807) is 43.3 Å². The van der Waals surface area contributed by atoms with Crippen LogP contribution in [-0.4, -0.2) is 52.2 Å². The third kappa shape index (κ3) is 7.02. The SMILES string of the molecule is COCCNCCNC(=O)c1cccc(C(=O)N(C)c2ccccc2)c1.Cl. The Kier molecular flexibility index (Phi) is 10.1. The maximum absolute atomic E-state index is 12.7. The zero-order valence-corrected chi connectivity index (χ0v) is 16.4. The van der Waals surface area contributed by atoms with Crippen LogP contribution in [0.3, 0.4) is 0 Å². The average Bonchev–Trinajstić information content (AvgIpc) is 2.70. The Balaban J connectivity index is 0.00000364. The lowest BCUT2D eigenvalue weighted by molar-refractivity contribution is 0.0953. The summed E-state index contributed by atoms with van der Waals surface area (Å²) in [4.78, 5) is 26.5. The number of anilines is 1. The number of para-hydroxylation sites is 1. The van der Waals surface area contributed by atoms with Gasteiger partial charge in [-0.05, 0) is 30.3 Å². The van der Waals surface area contributed by atoms with Gasteiger partial charge in [0.15, 0.2) is 0 Å². The van der Waals surface area contributed by atoms with E-state index in [9.17, 15) is 9.59 Å². The van der Waals surface area contributed by atoms with Crippen LogP contribution >= 0.6 is 12.4 Å². The highest BCUT2D eigenvalue weighted by atomic mass is 35.5. The number of methoxy groups -OCH3 is 1. The summed E-state index contributed by atoms with van der Waals surface area (Å²) in [5.74, 6) is -0.359. The van der Waals surface area contributed by atoms with Crippen molar-refractivity contribution in [1.82, 2.24) is 10.6 Å². The van der Waals surface area contributed by atoms with E-state index in [0.29, 0.717) is 30.8 Å². The summed E-state index contributed by atoms with van der Waals surface area (Å²) in [6.45, 7) is 2.53. The number of rotatable bonds is 9. The van der Waals surface area contributed by atoms with Crippen molar-refractivity contribution in [2.45, 2.75) is 0 Å². The van der Waals surface area contributed by atoms with Gasteiger partial charge in [0.1, 0.15) is 0 Å². The van der Waals surface area contributed by atoms with Crippen molar-refractivity contribution in [1.29, 1.82) is 0 Å². The highest BCUT2D eigenvalue weighted by Gasteiger charge is 2.15. The van der Waals surface area contributed by atoms with Crippen molar-refractivity contribution >= 4 is 29.9 Å². The molecule has 0 aliphatic rings. The second kappa shape index (κ2) is 12.1. The molecule has 2 aromatic carbocycles. The second-order valence-electron chi connectivity index (χ2n) is 5.78. The van der Waals surface area contributed by atoms with E-state index in [2.05, 4.69) is 10.6 Å². The average molecular weight is 392 g/mol. The molecule has 0 atom stereocenters. The molecule has 2 amide bonds. The summed E-state index contributed by atoms with van der Waals surface area (Å²) in [5, 5.41) is 5.99. The molecule has 0 spiro atoms. The predicted molar refractivity (Wildman–Crippen MR) is 110 cm³/mol. The Morgan fingerprint density at radius 1 is 0.963 bits per heavy atom. The van der Waals surface area contributed by atoms with Gasteiger partial charge in [-0.1, -0.05) is 24.3 Å². The summed E-state index contributed by atoms with van der Waals surface area (Å²) in [7, 11) is 3.36. The van der Waals surface area contributed by atoms with Gasteiger partial charge in [0.25, 0.3) is 11.8 Å². The first-order valence-corrected chi connectivity index (χ1v) is 8.54. The first-order chi connectivity index (χ1) is 12.6. The molecule has 0 unspecified atom stereocenters. The van der Waals surface area contributed by atoms with Crippen molar-refractivity contribution in [3.63, 3.8) is 0 Å². The molecule has 0 aliphatic carbocycles. The number of nitrogens with one attached hydrogen (secondary N) is 2. The van der Waals surface area contributed by atoms with Crippen molar-refractivity contribution in [3.05, 3.63) is 65.7 Å². The lowest BCUT2D eigenvalue weighted by Crippen LogP contribution is -2.33. The molecule has 7 heteroatoms. The van der Waals surface area contributed by atoms with Gasteiger partial charge in [-0.15, -0.1) is 12.4 Å². The highest BCUT2D eigenvalue weighted by Crippen LogP contribution is 2.15. The number of ether oxygens (including phenoxy) is 1. The monoisotopic (exact) mass is 391 g/mol. The van der Waals surface area contributed by atoms with Crippen LogP contribution in [-0.2, 0) is 4.74 Å². The number of nitrogens with zero attached hydrogens (tertiary/aromatic N) is 1. The smallest absolute Gasteiger partial charge is 0.258 e. The minimum absolute atomic E-state index is 0. The summed E-state index contributed by atoms with van der Waals surface area (Å²) in [6.07, 6.45) is 0. The van der Waals surface area contributed by atoms with E-state index < -0.39 is 0 Å². The van der Waals surface area contributed by atoms with Crippen LogP contribution in [0.4, 0.5) is 5.69 Å². The summed E-state index contributed by atoms with van der Waals surface area (Å²) in [6, 6.07) is 16.1. The number of benzene rings is 2. The number of hydrogen-bond donors (Lipinski definition) is 2. The van der Waals surface area contributed by atoms with Gasteiger partial charge < -0.3 is 20.3 Å². The molecular weight excluding hydrogens is 366 g/mol. The van der Waals surface area contributed by atoms with Crippen molar-refractivity contribution in [2.75, 3.05) is 45.3 Å². The van der Waals surface area contributed by atoms with Crippen LogP contribution in [0.25, 0.3) is 0 Å². The Bertz CT molecular complexity index is 725. The minimum atomic E-state index is -0.199. The summed E-state index contributed by atoms with van der Waals surface area (Å²) < 4.78 is 4.94. The van der Waals surface area contributed by atoms with E-state index in [0.717, 1.165) is 12.2 Å². The molecular formula is C20H26ClN3O3. The fraction of sp³-hybridized carbons (Fsp3) is 0.300. The first-order valence-electron chi connectivity index (χ1n) is 8.54. The van der Waals surface area contributed by atoms with E-state index in [4.69, 9.17) is 4.74 Å². The van der Waals surface area contributed by atoms with Gasteiger partial charge in [0, 0.05) is 50.6 Å². The van der Waals surface area contributed by atoms with Gasteiger partial charge in [0.05, 0.1) is 6.61 Å². The maximum Gasteiger partial charge on any atom is 0.258 e. The largest absolute Gasteiger partial charge is 0.383 e. The topological polar surface area (TPSA) is 70.7 Å². The van der Waals surface area contributed by atoms with E-state index in [1.165, 1.54) is 0 Å². The van der Waals surface area contributed by atoms with Crippen LogP contribution in [0.2, 0.25) is 0 Å². The zero-order valence-electron chi connectivity index (χ0n) is 15.6. The van der Waals surface area contributed by atoms with Crippen LogP contribution in [0.5, 0.6) is 0 Å². The Labute approximate surface area is 166 Å². The quantitative estimate of drug-likeness (QED) is 0.644. The van der Waals surface area contributed by atoms with Gasteiger partial charge in [-0.25, -0.2) is 0 Å². The summed E-state index contributed by atoms with van der Waals surface area (Å²) >= 11 is 0. The highest BCUT2D eigenvalue weighted by molar-refractivity contribution is 6.07. The molecule has 0 aliphatic heterocycles. The standard InChI is InChI=1S/C20H25N3O3.ClH/c1-23(18-9-4-3-5-10-18)20(25)17-8-6-7-16(15-17)19(24)22-12-11-21-13-14-26-2;/h3-10,15,21H,11-14H2,1-2H3,(H,22,24);1H. The first kappa shape index (κ1) is 22.6. The Morgan fingerprint density at radius 3 is 2.37 bits per heavy atom. The van der Waals surface area contributed by atoms with Gasteiger partial charge >= 0.3 is 0 Å². The van der Waals surface area contributed by atoms with Gasteiger partial charge in [-0.2, -0.15) is 0 Å².